The van der Waals surface area contributed by atoms with Crippen molar-refractivity contribution in [3.05, 3.63) is 30.1 Å². The zero-order valence-electron chi connectivity index (χ0n) is 13.2. The Bertz CT molecular complexity index is 677. The molecule has 1 aliphatic rings. The molecule has 0 saturated carbocycles. The van der Waals surface area contributed by atoms with Crippen molar-refractivity contribution in [3.8, 4) is 0 Å². The van der Waals surface area contributed by atoms with Crippen LogP contribution >= 0.6 is 0 Å². The number of hydrogen-bond acceptors (Lipinski definition) is 4. The molecule has 1 N–H and O–H groups in total. The van der Waals surface area contributed by atoms with E-state index >= 15 is 0 Å². The predicted octanol–water partition coefficient (Wildman–Crippen LogP) is 2.05. The molecule has 3 rings (SSSR count). The Kier molecular flexibility index (Phi) is 4.60. The quantitative estimate of drug-likeness (QED) is 0.876. The van der Waals surface area contributed by atoms with E-state index in [1.54, 1.807) is 4.90 Å². The maximum absolute atomic E-state index is 12.5. The number of imidazole rings is 1. The number of benzene rings is 1. The highest BCUT2D eigenvalue weighted by molar-refractivity contribution is 5.85. The van der Waals surface area contributed by atoms with E-state index in [9.17, 15) is 9.59 Å². The SMILES string of the molecule is COC(=O)C1CCCCN1C(=O)CCc1nc2ccccc2[nH]1. The Hall–Kier alpha value is -2.37. The molecule has 2 heterocycles. The zero-order valence-corrected chi connectivity index (χ0v) is 13.2. The minimum absolute atomic E-state index is 0.0134. The number of nitrogens with zero attached hydrogens (tertiary/aromatic N) is 2. The summed E-state index contributed by atoms with van der Waals surface area (Å²) in [4.78, 5) is 33.7. The van der Waals surface area contributed by atoms with E-state index in [1.807, 2.05) is 24.3 Å². The molecule has 122 valence electrons. The largest absolute Gasteiger partial charge is 0.467 e. The van der Waals surface area contributed by atoms with Crippen molar-refractivity contribution < 1.29 is 14.3 Å². The van der Waals surface area contributed by atoms with Crippen molar-refractivity contribution in [1.29, 1.82) is 0 Å². The van der Waals surface area contributed by atoms with Crippen LogP contribution in [-0.2, 0) is 20.7 Å². The van der Waals surface area contributed by atoms with Crippen molar-refractivity contribution in [3.63, 3.8) is 0 Å². The first-order valence-electron chi connectivity index (χ1n) is 8.00. The van der Waals surface area contributed by atoms with Gasteiger partial charge in [-0.3, -0.25) is 4.79 Å². The number of amides is 1. The number of carbonyl (C=O) groups is 2. The molecule has 0 aliphatic carbocycles. The Morgan fingerprint density at radius 1 is 1.35 bits per heavy atom. The van der Waals surface area contributed by atoms with E-state index in [0.717, 1.165) is 29.7 Å². The highest BCUT2D eigenvalue weighted by atomic mass is 16.5. The van der Waals surface area contributed by atoms with Gasteiger partial charge in [-0.15, -0.1) is 0 Å². The molecule has 1 unspecified atom stereocenters. The summed E-state index contributed by atoms with van der Waals surface area (Å²) in [5, 5.41) is 0. The van der Waals surface area contributed by atoms with Crippen molar-refractivity contribution in [2.24, 2.45) is 0 Å². The smallest absolute Gasteiger partial charge is 0.328 e. The summed E-state index contributed by atoms with van der Waals surface area (Å²) in [5.41, 5.74) is 1.88. The maximum atomic E-state index is 12.5. The molecule has 1 aromatic carbocycles. The van der Waals surface area contributed by atoms with Gasteiger partial charge in [0.15, 0.2) is 0 Å². The number of H-pyrrole nitrogens is 1. The number of aryl methyl sites for hydroxylation is 1. The molecule has 6 heteroatoms. The second kappa shape index (κ2) is 6.81. The third-order valence-corrected chi connectivity index (χ3v) is 4.31. The lowest BCUT2D eigenvalue weighted by atomic mass is 10.0. The molecule has 6 nitrogen and oxygen atoms in total. The van der Waals surface area contributed by atoms with Crippen molar-refractivity contribution in [1.82, 2.24) is 14.9 Å². The summed E-state index contributed by atoms with van der Waals surface area (Å²) in [5.74, 6) is 0.466. The number of esters is 1. The van der Waals surface area contributed by atoms with Crippen LogP contribution in [-0.4, -0.2) is 46.4 Å². The number of carbonyl (C=O) groups excluding carboxylic acids is 2. The number of rotatable bonds is 4. The first kappa shape index (κ1) is 15.5. The summed E-state index contributed by atoms with van der Waals surface area (Å²) < 4.78 is 4.82. The molecule has 1 fully saturated rings. The van der Waals surface area contributed by atoms with Gasteiger partial charge in [0.05, 0.1) is 18.1 Å². The van der Waals surface area contributed by atoms with Crippen LogP contribution in [0, 0.1) is 0 Å². The number of piperidine rings is 1. The van der Waals surface area contributed by atoms with E-state index in [-0.39, 0.29) is 11.9 Å². The second-order valence-electron chi connectivity index (χ2n) is 5.82. The minimum Gasteiger partial charge on any atom is -0.467 e. The van der Waals surface area contributed by atoms with Gasteiger partial charge < -0.3 is 14.6 Å². The fraction of sp³-hybridized carbons (Fsp3) is 0.471. The van der Waals surface area contributed by atoms with Crippen molar-refractivity contribution >= 4 is 22.9 Å². The lowest BCUT2D eigenvalue weighted by Crippen LogP contribution is -2.48. The highest BCUT2D eigenvalue weighted by Crippen LogP contribution is 2.20. The number of para-hydroxylation sites is 2. The van der Waals surface area contributed by atoms with Crippen LogP contribution in [0.2, 0.25) is 0 Å². The molecular weight excluding hydrogens is 294 g/mol. The van der Waals surface area contributed by atoms with E-state index in [0.29, 0.717) is 25.8 Å². The third-order valence-electron chi connectivity index (χ3n) is 4.31. The predicted molar refractivity (Wildman–Crippen MR) is 85.8 cm³/mol. The Morgan fingerprint density at radius 3 is 2.96 bits per heavy atom. The monoisotopic (exact) mass is 315 g/mol. The third kappa shape index (κ3) is 3.36. The summed E-state index contributed by atoms with van der Waals surface area (Å²) in [6.45, 7) is 0.624. The Morgan fingerprint density at radius 2 is 2.17 bits per heavy atom. The van der Waals surface area contributed by atoms with Gasteiger partial charge in [-0.05, 0) is 31.4 Å². The first-order chi connectivity index (χ1) is 11.2. The average Bonchev–Trinajstić information content (AvgIpc) is 3.02. The molecular formula is C17H21N3O3. The minimum atomic E-state index is -0.433. The number of hydrogen-bond donors (Lipinski definition) is 1. The fourth-order valence-electron chi connectivity index (χ4n) is 3.10. The molecule has 0 bridgehead atoms. The molecule has 0 radical (unpaired) electrons. The van der Waals surface area contributed by atoms with Gasteiger partial charge in [0.1, 0.15) is 11.9 Å². The number of aromatic amines is 1. The molecule has 2 aromatic rings. The highest BCUT2D eigenvalue weighted by Gasteiger charge is 2.32. The number of fused-ring (bicyclic) bond motifs is 1. The molecule has 1 atom stereocenters. The van der Waals surface area contributed by atoms with Crippen LogP contribution in [0.15, 0.2) is 24.3 Å². The van der Waals surface area contributed by atoms with Crippen LogP contribution < -0.4 is 0 Å². The Balaban J connectivity index is 1.64. The molecule has 23 heavy (non-hydrogen) atoms. The number of nitrogens with one attached hydrogen (secondary N) is 1. The van der Waals surface area contributed by atoms with Gasteiger partial charge in [-0.25, -0.2) is 9.78 Å². The number of likely N-dealkylation sites (tertiary alicyclic amines) is 1. The van der Waals surface area contributed by atoms with E-state index in [1.165, 1.54) is 7.11 Å². The molecule has 0 spiro atoms. The summed E-state index contributed by atoms with van der Waals surface area (Å²) >= 11 is 0. The normalized spacial score (nSPS) is 18.1. The summed E-state index contributed by atoms with van der Waals surface area (Å²) in [6, 6.07) is 7.36. The van der Waals surface area contributed by atoms with Crippen LogP contribution in [0.1, 0.15) is 31.5 Å². The van der Waals surface area contributed by atoms with Gasteiger partial charge in [-0.2, -0.15) is 0 Å². The summed E-state index contributed by atoms with van der Waals surface area (Å²) in [7, 11) is 1.37. The summed E-state index contributed by atoms with van der Waals surface area (Å²) in [6.07, 6.45) is 3.45. The molecule has 1 saturated heterocycles. The number of ether oxygens (including phenoxy) is 1. The van der Waals surface area contributed by atoms with Crippen LogP contribution in [0.3, 0.4) is 0 Å². The lowest BCUT2D eigenvalue weighted by molar-refractivity contribution is -0.154. The molecule has 1 aromatic heterocycles. The van der Waals surface area contributed by atoms with Crippen LogP contribution in [0.25, 0.3) is 11.0 Å². The van der Waals surface area contributed by atoms with Crippen LogP contribution in [0.5, 0.6) is 0 Å². The van der Waals surface area contributed by atoms with Gasteiger partial charge in [-0.1, -0.05) is 12.1 Å². The van der Waals surface area contributed by atoms with Crippen LogP contribution in [0.4, 0.5) is 0 Å². The number of aromatic nitrogens is 2. The van der Waals surface area contributed by atoms with Gasteiger partial charge in [0.25, 0.3) is 0 Å². The van der Waals surface area contributed by atoms with E-state index in [4.69, 9.17) is 4.74 Å². The van der Waals surface area contributed by atoms with Gasteiger partial charge in [0, 0.05) is 19.4 Å². The second-order valence-corrected chi connectivity index (χ2v) is 5.82. The van der Waals surface area contributed by atoms with Gasteiger partial charge in [0.2, 0.25) is 5.91 Å². The van der Waals surface area contributed by atoms with Crippen molar-refractivity contribution in [2.45, 2.75) is 38.1 Å². The first-order valence-corrected chi connectivity index (χ1v) is 8.00. The maximum Gasteiger partial charge on any atom is 0.328 e. The fourth-order valence-corrected chi connectivity index (χ4v) is 3.10. The van der Waals surface area contributed by atoms with Gasteiger partial charge >= 0.3 is 5.97 Å². The average molecular weight is 315 g/mol. The Labute approximate surface area is 134 Å². The van der Waals surface area contributed by atoms with E-state index in [2.05, 4.69) is 9.97 Å². The standard InChI is InChI=1S/C17H21N3O3/c1-23-17(22)14-8-4-5-11-20(14)16(21)10-9-15-18-12-6-2-3-7-13(12)19-15/h2-3,6-7,14H,4-5,8-11H2,1H3,(H,18,19). The van der Waals surface area contributed by atoms with Crippen molar-refractivity contribution in [2.75, 3.05) is 13.7 Å². The zero-order chi connectivity index (χ0) is 16.2. The topological polar surface area (TPSA) is 75.3 Å². The molecule has 1 aliphatic heterocycles. The van der Waals surface area contributed by atoms with E-state index < -0.39 is 6.04 Å². The lowest BCUT2D eigenvalue weighted by Gasteiger charge is -2.33. The number of methoxy groups -OCH3 is 1. The molecule has 1 amide bonds.